The molecule has 102 valence electrons. The van der Waals surface area contributed by atoms with Crippen LogP contribution in [0.5, 0.6) is 0 Å². The highest BCUT2D eigenvalue weighted by atomic mass is 32.2. The molecule has 1 aromatic carbocycles. The van der Waals surface area contributed by atoms with Crippen molar-refractivity contribution in [1.82, 2.24) is 4.31 Å². The highest BCUT2D eigenvalue weighted by Gasteiger charge is 2.25. The summed E-state index contributed by atoms with van der Waals surface area (Å²) in [6.07, 6.45) is 0. The Labute approximate surface area is 110 Å². The second-order valence-corrected chi connectivity index (χ2v) is 6.50. The van der Waals surface area contributed by atoms with E-state index in [1.54, 1.807) is 25.2 Å². The zero-order valence-electron chi connectivity index (χ0n) is 11.5. The predicted molar refractivity (Wildman–Crippen MR) is 75.3 cm³/mol. The standard InChI is InChI=1S/C13H22N2O2S/c1-5-15(10-11(2)3)18(16,17)13-9-7-6-8-12(13)14-4/h6-9,11,14H,5,10H2,1-4H3. The molecule has 0 saturated carbocycles. The number of sulfonamides is 1. The summed E-state index contributed by atoms with van der Waals surface area (Å²) in [6.45, 7) is 6.92. The lowest BCUT2D eigenvalue weighted by Gasteiger charge is -2.23. The highest BCUT2D eigenvalue weighted by Crippen LogP contribution is 2.24. The Kier molecular flexibility index (Phi) is 5.16. The van der Waals surface area contributed by atoms with Crippen LogP contribution in [0.1, 0.15) is 20.8 Å². The summed E-state index contributed by atoms with van der Waals surface area (Å²) < 4.78 is 26.7. The fraction of sp³-hybridized carbons (Fsp3) is 0.538. The van der Waals surface area contributed by atoms with Gasteiger partial charge in [0.2, 0.25) is 10.0 Å². The zero-order chi connectivity index (χ0) is 13.8. The number of benzene rings is 1. The van der Waals surface area contributed by atoms with Crippen molar-refractivity contribution in [2.24, 2.45) is 5.92 Å². The van der Waals surface area contributed by atoms with Gasteiger partial charge < -0.3 is 5.32 Å². The molecule has 0 atom stereocenters. The SMILES string of the molecule is CCN(CC(C)C)S(=O)(=O)c1ccccc1NC. The number of nitrogens with one attached hydrogen (secondary N) is 1. The molecule has 1 N–H and O–H groups in total. The predicted octanol–water partition coefficient (Wildman–Crippen LogP) is 2.39. The Hall–Kier alpha value is -1.07. The van der Waals surface area contributed by atoms with E-state index in [-0.39, 0.29) is 0 Å². The van der Waals surface area contributed by atoms with Gasteiger partial charge in [-0.2, -0.15) is 4.31 Å². The van der Waals surface area contributed by atoms with Gasteiger partial charge in [0.1, 0.15) is 4.90 Å². The van der Waals surface area contributed by atoms with Crippen LogP contribution < -0.4 is 5.32 Å². The minimum atomic E-state index is -3.42. The van der Waals surface area contributed by atoms with Gasteiger partial charge in [0.05, 0.1) is 5.69 Å². The summed E-state index contributed by atoms with van der Waals surface area (Å²) in [5.74, 6) is 0.307. The molecule has 0 aliphatic heterocycles. The first-order chi connectivity index (χ1) is 8.43. The van der Waals surface area contributed by atoms with Crippen LogP contribution in [0.25, 0.3) is 0 Å². The van der Waals surface area contributed by atoms with Gasteiger partial charge >= 0.3 is 0 Å². The third kappa shape index (κ3) is 3.23. The van der Waals surface area contributed by atoms with E-state index in [4.69, 9.17) is 0 Å². The molecular weight excluding hydrogens is 248 g/mol. The zero-order valence-corrected chi connectivity index (χ0v) is 12.3. The Morgan fingerprint density at radius 1 is 1.28 bits per heavy atom. The number of hydrogen-bond donors (Lipinski definition) is 1. The molecule has 0 unspecified atom stereocenters. The molecule has 0 fully saturated rings. The van der Waals surface area contributed by atoms with Crippen LogP contribution >= 0.6 is 0 Å². The molecule has 0 aliphatic rings. The molecular formula is C13H22N2O2S. The summed E-state index contributed by atoms with van der Waals surface area (Å²) in [5.41, 5.74) is 0.639. The molecule has 0 amide bonds. The van der Waals surface area contributed by atoms with Crippen molar-refractivity contribution < 1.29 is 8.42 Å². The molecule has 0 bridgehead atoms. The largest absolute Gasteiger partial charge is 0.387 e. The average molecular weight is 270 g/mol. The van der Waals surface area contributed by atoms with Gasteiger partial charge in [0.15, 0.2) is 0 Å². The monoisotopic (exact) mass is 270 g/mol. The summed E-state index contributed by atoms with van der Waals surface area (Å²) in [4.78, 5) is 0.343. The molecule has 0 aliphatic carbocycles. The van der Waals surface area contributed by atoms with Gasteiger partial charge in [-0.1, -0.05) is 32.9 Å². The van der Waals surface area contributed by atoms with E-state index < -0.39 is 10.0 Å². The summed E-state index contributed by atoms with van der Waals surface area (Å²) >= 11 is 0. The Bertz CT molecular complexity index is 484. The third-order valence-electron chi connectivity index (χ3n) is 2.70. The Balaban J connectivity index is 3.18. The molecule has 4 nitrogen and oxygen atoms in total. The molecule has 0 heterocycles. The van der Waals surface area contributed by atoms with Crippen molar-refractivity contribution >= 4 is 15.7 Å². The van der Waals surface area contributed by atoms with Gasteiger partial charge in [-0.15, -0.1) is 0 Å². The van der Waals surface area contributed by atoms with Crippen LogP contribution in [0.3, 0.4) is 0 Å². The smallest absolute Gasteiger partial charge is 0.245 e. The third-order valence-corrected chi connectivity index (χ3v) is 4.69. The molecule has 1 rings (SSSR count). The number of nitrogens with zero attached hydrogens (tertiary/aromatic N) is 1. The highest BCUT2D eigenvalue weighted by molar-refractivity contribution is 7.89. The first kappa shape index (κ1) is 15.0. The lowest BCUT2D eigenvalue weighted by Crippen LogP contribution is -2.34. The van der Waals surface area contributed by atoms with Crippen LogP contribution in [-0.2, 0) is 10.0 Å². The van der Waals surface area contributed by atoms with E-state index in [1.165, 1.54) is 4.31 Å². The van der Waals surface area contributed by atoms with Crippen LogP contribution in [0.4, 0.5) is 5.69 Å². The molecule has 0 saturated heterocycles. The number of rotatable bonds is 6. The molecule has 5 heteroatoms. The molecule has 1 aromatic rings. The lowest BCUT2D eigenvalue weighted by molar-refractivity contribution is 0.381. The number of hydrogen-bond acceptors (Lipinski definition) is 3. The normalized spacial score (nSPS) is 12.1. The fourth-order valence-electron chi connectivity index (χ4n) is 1.84. The van der Waals surface area contributed by atoms with Crippen molar-refractivity contribution in [2.45, 2.75) is 25.7 Å². The van der Waals surface area contributed by atoms with E-state index >= 15 is 0 Å². The maximum absolute atomic E-state index is 12.6. The maximum Gasteiger partial charge on any atom is 0.245 e. The van der Waals surface area contributed by atoms with E-state index in [9.17, 15) is 8.42 Å². The van der Waals surface area contributed by atoms with Crippen LogP contribution in [0, 0.1) is 5.92 Å². The molecule has 0 spiro atoms. The molecule has 0 radical (unpaired) electrons. The van der Waals surface area contributed by atoms with Crippen molar-refractivity contribution in [1.29, 1.82) is 0 Å². The van der Waals surface area contributed by atoms with Crippen molar-refractivity contribution in [3.05, 3.63) is 24.3 Å². The minimum absolute atomic E-state index is 0.307. The molecule has 18 heavy (non-hydrogen) atoms. The van der Waals surface area contributed by atoms with E-state index in [0.717, 1.165) is 0 Å². The second kappa shape index (κ2) is 6.20. The fourth-order valence-corrected chi connectivity index (χ4v) is 3.65. The van der Waals surface area contributed by atoms with Gasteiger partial charge in [-0.25, -0.2) is 8.42 Å². The van der Waals surface area contributed by atoms with E-state index in [0.29, 0.717) is 29.6 Å². The quantitative estimate of drug-likeness (QED) is 0.863. The number of para-hydroxylation sites is 1. The Morgan fingerprint density at radius 3 is 2.39 bits per heavy atom. The Morgan fingerprint density at radius 2 is 1.89 bits per heavy atom. The first-order valence-corrected chi connectivity index (χ1v) is 7.64. The van der Waals surface area contributed by atoms with Crippen LogP contribution in [-0.4, -0.2) is 32.9 Å². The summed E-state index contributed by atoms with van der Waals surface area (Å²) in [6, 6.07) is 6.99. The van der Waals surface area contributed by atoms with Crippen molar-refractivity contribution in [3.63, 3.8) is 0 Å². The maximum atomic E-state index is 12.6. The van der Waals surface area contributed by atoms with Crippen LogP contribution in [0.2, 0.25) is 0 Å². The molecule has 0 aromatic heterocycles. The van der Waals surface area contributed by atoms with Gasteiger partial charge in [-0.3, -0.25) is 0 Å². The average Bonchev–Trinajstić information content (AvgIpc) is 2.35. The van der Waals surface area contributed by atoms with Gasteiger partial charge in [-0.05, 0) is 18.1 Å². The minimum Gasteiger partial charge on any atom is -0.387 e. The van der Waals surface area contributed by atoms with E-state index in [1.807, 2.05) is 26.8 Å². The van der Waals surface area contributed by atoms with Gasteiger partial charge in [0.25, 0.3) is 0 Å². The topological polar surface area (TPSA) is 49.4 Å². The van der Waals surface area contributed by atoms with Crippen molar-refractivity contribution in [2.75, 3.05) is 25.5 Å². The van der Waals surface area contributed by atoms with Crippen LogP contribution in [0.15, 0.2) is 29.2 Å². The summed E-state index contributed by atoms with van der Waals surface area (Å²) in [7, 11) is -1.69. The first-order valence-electron chi connectivity index (χ1n) is 6.20. The summed E-state index contributed by atoms with van der Waals surface area (Å²) in [5, 5.41) is 2.93. The lowest BCUT2D eigenvalue weighted by atomic mass is 10.2. The second-order valence-electron chi connectivity index (χ2n) is 4.60. The number of anilines is 1. The van der Waals surface area contributed by atoms with Gasteiger partial charge in [0, 0.05) is 20.1 Å². The van der Waals surface area contributed by atoms with E-state index in [2.05, 4.69) is 5.32 Å². The van der Waals surface area contributed by atoms with Crippen molar-refractivity contribution in [3.8, 4) is 0 Å².